The van der Waals surface area contributed by atoms with Gasteiger partial charge in [-0.05, 0) is 31.5 Å². The highest BCUT2D eigenvalue weighted by Crippen LogP contribution is 2.32. The molecule has 0 atom stereocenters. The number of nitrogens with two attached hydrogens (primary N) is 1. The van der Waals surface area contributed by atoms with Gasteiger partial charge in [0.25, 0.3) is 0 Å². The van der Waals surface area contributed by atoms with E-state index in [9.17, 15) is 13.2 Å². The van der Waals surface area contributed by atoms with Crippen LogP contribution >= 0.6 is 0 Å². The fourth-order valence-electron chi connectivity index (χ4n) is 2.27. The van der Waals surface area contributed by atoms with Gasteiger partial charge in [-0.25, -0.2) is 4.98 Å². The van der Waals surface area contributed by atoms with Gasteiger partial charge in [0.1, 0.15) is 5.69 Å². The first kappa shape index (κ1) is 17.4. The first-order valence-electron chi connectivity index (χ1n) is 7.47. The number of alkyl halides is 3. The number of hydrogen-bond acceptors (Lipinski definition) is 3. The third kappa shape index (κ3) is 4.77. The van der Waals surface area contributed by atoms with E-state index in [4.69, 9.17) is 5.73 Å². The molecule has 0 amide bonds. The topological polar surface area (TPSA) is 50.9 Å². The van der Waals surface area contributed by atoms with Crippen molar-refractivity contribution in [1.29, 1.82) is 0 Å². The van der Waals surface area contributed by atoms with Gasteiger partial charge in [-0.1, -0.05) is 35.9 Å². The third-order valence-electron chi connectivity index (χ3n) is 3.49. The molecule has 0 aliphatic carbocycles. The van der Waals surface area contributed by atoms with Crippen molar-refractivity contribution in [1.82, 2.24) is 10.3 Å². The molecular weight excluding hydrogens is 303 g/mol. The number of pyridine rings is 1. The first-order valence-corrected chi connectivity index (χ1v) is 7.47. The Morgan fingerprint density at radius 2 is 1.74 bits per heavy atom. The lowest BCUT2D eigenvalue weighted by molar-refractivity contribution is -0.141. The van der Waals surface area contributed by atoms with Crippen molar-refractivity contribution in [2.45, 2.75) is 19.5 Å². The van der Waals surface area contributed by atoms with Crippen LogP contribution < -0.4 is 11.1 Å². The SMILES string of the molecule is Cc1ccc(-c2ccc(CCNCCN)c(C(F)(F)F)n2)cc1. The summed E-state index contributed by atoms with van der Waals surface area (Å²) in [4.78, 5) is 3.87. The molecule has 23 heavy (non-hydrogen) atoms. The van der Waals surface area contributed by atoms with Crippen LogP contribution in [0.15, 0.2) is 36.4 Å². The number of halogens is 3. The number of rotatable bonds is 6. The van der Waals surface area contributed by atoms with Crippen LogP contribution in [0.5, 0.6) is 0 Å². The lowest BCUT2D eigenvalue weighted by Crippen LogP contribution is -2.25. The molecule has 3 nitrogen and oxygen atoms in total. The molecular formula is C17H20F3N3. The predicted octanol–water partition coefficient (Wildman–Crippen LogP) is 3.17. The van der Waals surface area contributed by atoms with Crippen molar-refractivity contribution in [3.8, 4) is 11.3 Å². The largest absolute Gasteiger partial charge is 0.433 e. The molecule has 0 bridgehead atoms. The van der Waals surface area contributed by atoms with Gasteiger partial charge in [-0.2, -0.15) is 13.2 Å². The highest BCUT2D eigenvalue weighted by atomic mass is 19.4. The van der Waals surface area contributed by atoms with Gasteiger partial charge < -0.3 is 11.1 Å². The van der Waals surface area contributed by atoms with Crippen molar-refractivity contribution in [3.63, 3.8) is 0 Å². The lowest BCUT2D eigenvalue weighted by atomic mass is 10.0. The molecule has 3 N–H and O–H groups in total. The Morgan fingerprint density at radius 3 is 2.35 bits per heavy atom. The zero-order chi connectivity index (χ0) is 16.9. The Morgan fingerprint density at radius 1 is 1.04 bits per heavy atom. The second-order valence-electron chi connectivity index (χ2n) is 5.36. The summed E-state index contributed by atoms with van der Waals surface area (Å²) in [7, 11) is 0. The van der Waals surface area contributed by atoms with Crippen LogP contribution in [0.25, 0.3) is 11.3 Å². The maximum atomic E-state index is 13.3. The molecule has 124 valence electrons. The molecule has 0 unspecified atom stereocenters. The van der Waals surface area contributed by atoms with E-state index >= 15 is 0 Å². The fourth-order valence-corrected chi connectivity index (χ4v) is 2.27. The van der Waals surface area contributed by atoms with Crippen molar-refractivity contribution < 1.29 is 13.2 Å². The number of nitrogens with zero attached hydrogens (tertiary/aromatic N) is 1. The van der Waals surface area contributed by atoms with Crippen LogP contribution in [0, 0.1) is 6.92 Å². The lowest BCUT2D eigenvalue weighted by Gasteiger charge is -2.14. The second kappa shape index (κ2) is 7.57. The second-order valence-corrected chi connectivity index (χ2v) is 5.36. The highest BCUT2D eigenvalue weighted by molar-refractivity contribution is 5.60. The first-order chi connectivity index (χ1) is 10.9. The van der Waals surface area contributed by atoms with Gasteiger partial charge in [0, 0.05) is 18.7 Å². The summed E-state index contributed by atoms with van der Waals surface area (Å²) >= 11 is 0. The summed E-state index contributed by atoms with van der Waals surface area (Å²) in [6, 6.07) is 10.4. The van der Waals surface area contributed by atoms with Crippen molar-refractivity contribution in [2.75, 3.05) is 19.6 Å². The molecule has 0 saturated heterocycles. The van der Waals surface area contributed by atoms with Crippen LogP contribution in [0.3, 0.4) is 0 Å². The number of aryl methyl sites for hydroxylation is 1. The standard InChI is InChI=1S/C17H20F3N3/c1-12-2-4-13(5-3-12)15-7-6-14(8-10-22-11-9-21)16(23-15)17(18,19)20/h2-7,22H,8-11,21H2,1H3. The third-order valence-corrected chi connectivity index (χ3v) is 3.49. The van der Waals surface area contributed by atoms with Gasteiger partial charge >= 0.3 is 6.18 Å². The summed E-state index contributed by atoms with van der Waals surface area (Å²) in [6.07, 6.45) is -4.21. The molecule has 0 spiro atoms. The van der Waals surface area contributed by atoms with E-state index in [1.165, 1.54) is 6.07 Å². The minimum Gasteiger partial charge on any atom is -0.329 e. The zero-order valence-electron chi connectivity index (χ0n) is 13.0. The predicted molar refractivity (Wildman–Crippen MR) is 85.0 cm³/mol. The summed E-state index contributed by atoms with van der Waals surface area (Å²) in [5.74, 6) is 0. The van der Waals surface area contributed by atoms with Crippen LogP contribution in [0.4, 0.5) is 13.2 Å². The van der Waals surface area contributed by atoms with Crippen LogP contribution in [0.2, 0.25) is 0 Å². The smallest absolute Gasteiger partial charge is 0.329 e. The fraction of sp³-hybridized carbons (Fsp3) is 0.353. The summed E-state index contributed by atoms with van der Waals surface area (Å²) < 4.78 is 39.8. The van der Waals surface area contributed by atoms with Crippen LogP contribution in [-0.2, 0) is 12.6 Å². The van der Waals surface area contributed by atoms with Gasteiger partial charge in [0.05, 0.1) is 5.69 Å². The van der Waals surface area contributed by atoms with E-state index in [1.54, 1.807) is 18.2 Å². The average molecular weight is 323 g/mol. The van der Waals surface area contributed by atoms with E-state index in [-0.39, 0.29) is 12.0 Å². The normalized spacial score (nSPS) is 11.7. The monoisotopic (exact) mass is 323 g/mol. The minimum atomic E-state index is -4.47. The average Bonchev–Trinajstić information content (AvgIpc) is 2.51. The minimum absolute atomic E-state index is 0.192. The quantitative estimate of drug-likeness (QED) is 0.803. The van der Waals surface area contributed by atoms with Gasteiger partial charge in [-0.3, -0.25) is 0 Å². The number of nitrogens with one attached hydrogen (secondary N) is 1. The molecule has 1 aromatic carbocycles. The number of benzene rings is 1. The van der Waals surface area contributed by atoms with Crippen molar-refractivity contribution in [2.24, 2.45) is 5.73 Å². The highest BCUT2D eigenvalue weighted by Gasteiger charge is 2.35. The molecule has 0 fully saturated rings. The molecule has 2 aromatic rings. The Labute approximate surface area is 133 Å². The molecule has 1 aromatic heterocycles. The number of aromatic nitrogens is 1. The zero-order valence-corrected chi connectivity index (χ0v) is 13.0. The van der Waals surface area contributed by atoms with Gasteiger partial charge in [0.15, 0.2) is 0 Å². The van der Waals surface area contributed by atoms with E-state index in [0.717, 1.165) is 5.56 Å². The number of hydrogen-bond donors (Lipinski definition) is 2. The van der Waals surface area contributed by atoms with Crippen molar-refractivity contribution in [3.05, 3.63) is 53.2 Å². The summed E-state index contributed by atoms with van der Waals surface area (Å²) in [5.41, 5.74) is 6.78. The van der Waals surface area contributed by atoms with Gasteiger partial charge in [-0.15, -0.1) is 0 Å². The Bertz CT molecular complexity index is 637. The van der Waals surface area contributed by atoms with E-state index in [1.807, 2.05) is 19.1 Å². The van der Waals surface area contributed by atoms with Gasteiger partial charge in [0.2, 0.25) is 0 Å². The maximum absolute atomic E-state index is 13.3. The molecule has 0 aliphatic heterocycles. The molecule has 0 radical (unpaired) electrons. The van der Waals surface area contributed by atoms with Crippen molar-refractivity contribution >= 4 is 0 Å². The molecule has 1 heterocycles. The Balaban J connectivity index is 2.29. The molecule has 2 rings (SSSR count). The summed E-state index contributed by atoms with van der Waals surface area (Å²) in [6.45, 7) is 3.40. The van der Waals surface area contributed by atoms with Crippen LogP contribution in [-0.4, -0.2) is 24.6 Å². The van der Waals surface area contributed by atoms with E-state index in [0.29, 0.717) is 30.9 Å². The summed E-state index contributed by atoms with van der Waals surface area (Å²) in [5, 5.41) is 2.99. The van der Waals surface area contributed by atoms with E-state index in [2.05, 4.69) is 10.3 Å². The van der Waals surface area contributed by atoms with Crippen LogP contribution in [0.1, 0.15) is 16.8 Å². The molecule has 6 heteroatoms. The molecule has 0 aliphatic rings. The Kier molecular flexibility index (Phi) is 5.74. The Hall–Kier alpha value is -1.92. The van der Waals surface area contributed by atoms with E-state index < -0.39 is 11.9 Å². The maximum Gasteiger partial charge on any atom is 0.433 e. The molecule has 0 saturated carbocycles.